The molecule has 12 rings (SSSR count). The van der Waals surface area contributed by atoms with E-state index < -0.39 is 0 Å². The summed E-state index contributed by atoms with van der Waals surface area (Å²) in [5, 5.41) is 27.7. The molecule has 0 atom stereocenters. The smallest absolute Gasteiger partial charge is 0.0998 e. The number of hydrogen-bond donors (Lipinski definition) is 0. The van der Waals surface area contributed by atoms with Crippen molar-refractivity contribution < 1.29 is 0 Å². The van der Waals surface area contributed by atoms with E-state index >= 15 is 0 Å². The molecule has 0 radical (unpaired) electrons. The number of aromatic nitrogens is 3. The molecule has 3 heterocycles. The first kappa shape index (κ1) is 34.4. The summed E-state index contributed by atoms with van der Waals surface area (Å²) in [7, 11) is 0. The van der Waals surface area contributed by atoms with Gasteiger partial charge in [0.15, 0.2) is 0 Å². The molecule has 282 valence electrons. The van der Waals surface area contributed by atoms with Crippen LogP contribution in [0.15, 0.2) is 200 Å². The van der Waals surface area contributed by atoms with Gasteiger partial charge in [-0.1, -0.05) is 115 Å². The van der Waals surface area contributed by atoms with Crippen LogP contribution in [0.4, 0.5) is 0 Å². The summed E-state index contributed by atoms with van der Waals surface area (Å²) in [5.74, 6) is 0. The highest BCUT2D eigenvalue weighted by molar-refractivity contribution is 6.14. The van der Waals surface area contributed by atoms with Crippen LogP contribution in [0.1, 0.15) is 11.1 Å². The van der Waals surface area contributed by atoms with Gasteiger partial charge in [0.1, 0.15) is 0 Å². The number of rotatable bonds is 5. The van der Waals surface area contributed by atoms with Crippen LogP contribution in [0.2, 0.25) is 0 Å². The Bertz CT molecular complexity index is 3540. The van der Waals surface area contributed by atoms with Gasteiger partial charge in [0, 0.05) is 54.9 Å². The molecule has 5 nitrogen and oxygen atoms in total. The Morgan fingerprint density at radius 2 is 0.672 bits per heavy atom. The maximum absolute atomic E-state index is 10.3. The quantitative estimate of drug-likeness (QED) is 0.175. The van der Waals surface area contributed by atoms with Crippen molar-refractivity contribution in [3.63, 3.8) is 0 Å². The first-order chi connectivity index (χ1) is 30.2. The van der Waals surface area contributed by atoms with Crippen molar-refractivity contribution in [1.29, 1.82) is 10.5 Å². The fourth-order valence-corrected chi connectivity index (χ4v) is 9.73. The van der Waals surface area contributed by atoms with Crippen LogP contribution in [0.25, 0.3) is 105 Å². The van der Waals surface area contributed by atoms with Gasteiger partial charge in [-0.15, -0.1) is 0 Å². The highest BCUT2D eigenvalue weighted by Gasteiger charge is 2.21. The molecule has 0 N–H and O–H groups in total. The molecule has 0 aliphatic rings. The Morgan fingerprint density at radius 3 is 1.11 bits per heavy atom. The lowest BCUT2D eigenvalue weighted by molar-refractivity contribution is 1.16. The van der Waals surface area contributed by atoms with Crippen molar-refractivity contribution in [3.05, 3.63) is 211 Å². The molecule has 0 fully saturated rings. The van der Waals surface area contributed by atoms with E-state index in [1.807, 2.05) is 18.2 Å². The van der Waals surface area contributed by atoms with E-state index in [9.17, 15) is 10.5 Å². The molecule has 0 aliphatic heterocycles. The third-order valence-electron chi connectivity index (χ3n) is 12.3. The molecule has 9 aromatic carbocycles. The normalized spacial score (nSPS) is 11.6. The minimum Gasteiger partial charge on any atom is -0.309 e. The summed E-state index contributed by atoms with van der Waals surface area (Å²) < 4.78 is 7.12. The fourth-order valence-electron chi connectivity index (χ4n) is 9.73. The Balaban J connectivity index is 1.16. The van der Waals surface area contributed by atoms with E-state index in [1.165, 1.54) is 21.5 Å². The highest BCUT2D eigenvalue weighted by atomic mass is 15.0. The maximum atomic E-state index is 10.3. The average molecular weight is 776 g/mol. The summed E-state index contributed by atoms with van der Waals surface area (Å²) in [6, 6.07) is 74.9. The number of nitrogens with zero attached hydrogens (tertiary/aromatic N) is 5. The molecular weight excluding hydrogens is 743 g/mol. The Morgan fingerprint density at radius 1 is 0.295 bits per heavy atom. The lowest BCUT2D eigenvalue weighted by Crippen LogP contribution is -1.99. The van der Waals surface area contributed by atoms with Crippen LogP contribution in [0.3, 0.4) is 0 Å². The molecule has 61 heavy (non-hydrogen) atoms. The molecule has 0 bridgehead atoms. The fraction of sp³-hybridized carbons (Fsp3) is 0. The van der Waals surface area contributed by atoms with Gasteiger partial charge in [-0.2, -0.15) is 10.5 Å². The van der Waals surface area contributed by atoms with E-state index in [1.54, 1.807) is 18.2 Å². The molecule has 0 spiro atoms. The summed E-state index contributed by atoms with van der Waals surface area (Å²) in [5.41, 5.74) is 14.3. The van der Waals surface area contributed by atoms with E-state index in [0.717, 1.165) is 77.6 Å². The van der Waals surface area contributed by atoms with Crippen LogP contribution in [-0.2, 0) is 0 Å². The van der Waals surface area contributed by atoms with Gasteiger partial charge < -0.3 is 13.7 Å². The molecule has 0 amide bonds. The van der Waals surface area contributed by atoms with Crippen molar-refractivity contribution in [2.45, 2.75) is 0 Å². The second-order valence-corrected chi connectivity index (χ2v) is 15.5. The first-order valence-electron chi connectivity index (χ1n) is 20.4. The predicted octanol–water partition coefficient (Wildman–Crippen LogP) is 14.1. The van der Waals surface area contributed by atoms with E-state index in [-0.39, 0.29) is 0 Å². The maximum Gasteiger partial charge on any atom is 0.0998 e. The Hall–Kier alpha value is -8.64. The number of fused-ring (bicyclic) bond motifs is 9. The van der Waals surface area contributed by atoms with Crippen LogP contribution < -0.4 is 0 Å². The zero-order valence-corrected chi connectivity index (χ0v) is 32.8. The molecular formula is C56H33N5. The van der Waals surface area contributed by atoms with E-state index in [4.69, 9.17) is 0 Å². The molecule has 0 aliphatic carbocycles. The summed E-state index contributed by atoms with van der Waals surface area (Å²) in [4.78, 5) is 0. The van der Waals surface area contributed by atoms with Gasteiger partial charge in [-0.3, -0.25) is 0 Å². The SMILES string of the molecule is N#Cc1cccc(C#N)c1-c1ccc(-n2c3ccc(-n4c5ccccc5c5ccccc54)cc3c3cc(-n4c5ccccc5c5ccccc54)ccc32)cc1-c1ccccc1. The van der Waals surface area contributed by atoms with Gasteiger partial charge >= 0.3 is 0 Å². The number of para-hydroxylation sites is 4. The topological polar surface area (TPSA) is 62.4 Å². The van der Waals surface area contributed by atoms with Crippen molar-refractivity contribution in [3.8, 4) is 51.5 Å². The zero-order chi connectivity index (χ0) is 40.6. The van der Waals surface area contributed by atoms with Gasteiger partial charge in [0.2, 0.25) is 0 Å². The zero-order valence-electron chi connectivity index (χ0n) is 32.8. The van der Waals surface area contributed by atoms with Crippen molar-refractivity contribution in [1.82, 2.24) is 13.7 Å². The number of nitriles is 2. The van der Waals surface area contributed by atoms with Crippen LogP contribution in [0.5, 0.6) is 0 Å². The number of benzene rings is 9. The first-order valence-corrected chi connectivity index (χ1v) is 20.4. The Kier molecular flexibility index (Phi) is 7.59. The lowest BCUT2D eigenvalue weighted by atomic mass is 9.89. The molecule has 3 aromatic heterocycles. The Labute approximate surface area is 351 Å². The highest BCUT2D eigenvalue weighted by Crippen LogP contribution is 2.42. The van der Waals surface area contributed by atoms with Crippen LogP contribution in [0, 0.1) is 22.7 Å². The largest absolute Gasteiger partial charge is 0.309 e. The monoisotopic (exact) mass is 775 g/mol. The van der Waals surface area contributed by atoms with E-state index in [0.29, 0.717) is 16.7 Å². The van der Waals surface area contributed by atoms with Gasteiger partial charge in [0.05, 0.1) is 56.4 Å². The van der Waals surface area contributed by atoms with Crippen molar-refractivity contribution in [2.75, 3.05) is 0 Å². The van der Waals surface area contributed by atoms with Crippen molar-refractivity contribution >= 4 is 65.4 Å². The molecule has 5 heteroatoms. The summed E-state index contributed by atoms with van der Waals surface area (Å²) >= 11 is 0. The second-order valence-electron chi connectivity index (χ2n) is 15.5. The van der Waals surface area contributed by atoms with Gasteiger partial charge in [-0.05, 0) is 102 Å². The minimum atomic E-state index is 0.469. The van der Waals surface area contributed by atoms with Crippen molar-refractivity contribution in [2.24, 2.45) is 0 Å². The number of hydrogen-bond acceptors (Lipinski definition) is 2. The summed E-state index contributed by atoms with van der Waals surface area (Å²) in [6.07, 6.45) is 0. The molecule has 12 aromatic rings. The van der Waals surface area contributed by atoms with E-state index in [2.05, 4.69) is 190 Å². The third-order valence-corrected chi connectivity index (χ3v) is 12.3. The van der Waals surface area contributed by atoms with Gasteiger partial charge in [-0.25, -0.2) is 0 Å². The lowest BCUT2D eigenvalue weighted by Gasteiger charge is -2.17. The van der Waals surface area contributed by atoms with Crippen LogP contribution >= 0.6 is 0 Å². The summed E-state index contributed by atoms with van der Waals surface area (Å²) in [6.45, 7) is 0. The molecule has 0 saturated carbocycles. The standard InChI is InChI=1S/C56H33N5/c57-34-37-15-12-16-38(35-58)56(37)46-28-25-39(31-47(46)36-13-2-1-3-14-36)61-54-29-26-40(59-50-21-8-4-17-42(50)43-18-5-9-22-51(43)59)32-48(54)49-33-41(27-30-55(49)61)60-52-23-10-6-19-44(52)45-20-7-11-24-53(45)60/h1-33H. The van der Waals surface area contributed by atoms with Gasteiger partial charge in [0.25, 0.3) is 0 Å². The van der Waals surface area contributed by atoms with Crippen LogP contribution in [-0.4, -0.2) is 13.7 Å². The minimum absolute atomic E-state index is 0.469. The second kappa shape index (κ2) is 13.5. The molecule has 0 saturated heterocycles. The molecule has 0 unspecified atom stereocenters. The predicted molar refractivity (Wildman–Crippen MR) is 250 cm³/mol. The third kappa shape index (κ3) is 5.12. The average Bonchev–Trinajstić information content (AvgIpc) is 3.96.